The number of carbonyl (C=O) groups is 2. The molecule has 0 radical (unpaired) electrons. The van der Waals surface area contributed by atoms with Crippen LogP contribution in [0, 0.1) is 5.92 Å². The summed E-state index contributed by atoms with van der Waals surface area (Å²) in [5.74, 6) is -0.00237. The maximum Gasteiger partial charge on any atom is 0.254 e. The Hall–Kier alpha value is -2.45. The number of nitrogens with one attached hydrogen (secondary N) is 1. The molecule has 1 fully saturated rings. The van der Waals surface area contributed by atoms with Gasteiger partial charge in [0.2, 0.25) is 5.91 Å². The van der Waals surface area contributed by atoms with Crippen LogP contribution in [-0.2, 0) is 9.59 Å². The molecule has 0 saturated carbocycles. The van der Waals surface area contributed by atoms with Gasteiger partial charge in [-0.25, -0.2) is 0 Å². The number of benzene rings is 1. The number of likely N-dealkylation sites (tertiary alicyclic amines) is 1. The number of hydrogen-bond acceptors (Lipinski definition) is 5. The van der Waals surface area contributed by atoms with Crippen LogP contribution in [0.2, 0.25) is 0 Å². The van der Waals surface area contributed by atoms with Crippen molar-refractivity contribution in [2.24, 2.45) is 5.92 Å². The van der Waals surface area contributed by atoms with E-state index in [2.05, 4.69) is 26.2 Å². The minimum absolute atomic E-state index is 0.0579. The van der Waals surface area contributed by atoms with Crippen LogP contribution >= 0.6 is 15.9 Å². The lowest BCUT2D eigenvalue weighted by molar-refractivity contribution is -0.144. The third-order valence-electron chi connectivity index (χ3n) is 4.63. The van der Waals surface area contributed by atoms with Gasteiger partial charge in [0.25, 0.3) is 5.91 Å². The second-order valence-electron chi connectivity index (χ2n) is 6.61. The third-order valence-corrected chi connectivity index (χ3v) is 5.16. The van der Waals surface area contributed by atoms with Crippen LogP contribution in [0.3, 0.4) is 0 Å². The number of aliphatic hydroxyl groups is 1. The molecule has 28 heavy (non-hydrogen) atoms. The lowest BCUT2D eigenvalue weighted by Gasteiger charge is -2.32. The smallest absolute Gasteiger partial charge is 0.254 e. The molecule has 1 aromatic carbocycles. The first-order valence-corrected chi connectivity index (χ1v) is 9.88. The van der Waals surface area contributed by atoms with E-state index in [1.165, 1.54) is 0 Å². The van der Waals surface area contributed by atoms with Gasteiger partial charge in [-0.3, -0.25) is 14.6 Å². The van der Waals surface area contributed by atoms with Crippen molar-refractivity contribution in [2.75, 3.05) is 25.0 Å². The number of piperidine rings is 1. The summed E-state index contributed by atoms with van der Waals surface area (Å²) >= 11 is 3.34. The van der Waals surface area contributed by atoms with Crippen molar-refractivity contribution in [1.82, 2.24) is 9.88 Å². The molecule has 0 unspecified atom stereocenters. The Bertz CT molecular complexity index is 793. The van der Waals surface area contributed by atoms with Gasteiger partial charge < -0.3 is 20.1 Å². The molecule has 2 amide bonds. The average molecular weight is 448 g/mol. The van der Waals surface area contributed by atoms with Gasteiger partial charge in [-0.2, -0.15) is 0 Å². The van der Waals surface area contributed by atoms with Gasteiger partial charge in [0.05, 0.1) is 0 Å². The number of carbonyl (C=O) groups excluding carboxylic acids is 2. The molecule has 0 spiro atoms. The molecule has 7 nitrogen and oxygen atoms in total. The molecule has 3 rings (SSSR count). The number of pyridine rings is 1. The van der Waals surface area contributed by atoms with E-state index in [0.717, 1.165) is 4.47 Å². The van der Waals surface area contributed by atoms with Crippen molar-refractivity contribution in [3.8, 4) is 5.75 Å². The largest absolute Gasteiger partial charge is 0.490 e. The summed E-state index contributed by atoms with van der Waals surface area (Å²) in [4.78, 5) is 30.3. The van der Waals surface area contributed by atoms with Crippen molar-refractivity contribution in [1.29, 1.82) is 0 Å². The van der Waals surface area contributed by atoms with Gasteiger partial charge in [-0.1, -0.05) is 15.9 Å². The molecule has 1 aliphatic heterocycles. The fourth-order valence-electron chi connectivity index (χ4n) is 3.03. The van der Waals surface area contributed by atoms with Crippen molar-refractivity contribution in [3.05, 3.63) is 53.3 Å². The van der Waals surface area contributed by atoms with Gasteiger partial charge in [0, 0.05) is 41.6 Å². The van der Waals surface area contributed by atoms with Gasteiger partial charge in [-0.15, -0.1) is 0 Å². The lowest BCUT2D eigenvalue weighted by Crippen LogP contribution is -2.47. The molecule has 1 aromatic heterocycles. The van der Waals surface area contributed by atoms with Crippen molar-refractivity contribution >= 4 is 33.4 Å². The van der Waals surface area contributed by atoms with Crippen molar-refractivity contribution in [3.63, 3.8) is 0 Å². The predicted octanol–water partition coefficient (Wildman–Crippen LogP) is 2.46. The molecular formula is C20H22BrN3O4. The fourth-order valence-corrected chi connectivity index (χ4v) is 3.29. The van der Waals surface area contributed by atoms with Crippen molar-refractivity contribution < 1.29 is 19.4 Å². The van der Waals surface area contributed by atoms with Crippen molar-refractivity contribution in [2.45, 2.75) is 18.9 Å². The summed E-state index contributed by atoms with van der Waals surface area (Å²) in [5.41, 5.74) is 0.707. The fraction of sp³-hybridized carbons (Fsp3) is 0.350. The zero-order chi connectivity index (χ0) is 19.9. The van der Waals surface area contributed by atoms with E-state index in [1.807, 2.05) is 12.1 Å². The van der Waals surface area contributed by atoms with E-state index in [9.17, 15) is 14.7 Å². The zero-order valence-corrected chi connectivity index (χ0v) is 16.8. The van der Waals surface area contributed by atoms with E-state index >= 15 is 0 Å². The Labute approximate surface area is 171 Å². The standard InChI is InChI=1S/C20H22BrN3O4/c21-15-1-3-17(4-2-15)28-13-18(25)20(27)24-11-7-14(8-12-24)19(26)23-16-5-9-22-10-6-16/h1-6,9-10,14,18,25H,7-8,11-13H2,(H,22,23,26)/t18-/m0/s1. The second-order valence-corrected chi connectivity index (χ2v) is 7.52. The summed E-state index contributed by atoms with van der Waals surface area (Å²) in [6.45, 7) is 0.758. The van der Waals surface area contributed by atoms with Gasteiger partial charge in [0.1, 0.15) is 12.4 Å². The molecule has 0 bridgehead atoms. The average Bonchev–Trinajstić information content (AvgIpc) is 2.73. The Morgan fingerprint density at radius 1 is 1.18 bits per heavy atom. The highest BCUT2D eigenvalue weighted by molar-refractivity contribution is 9.10. The van der Waals surface area contributed by atoms with Crippen LogP contribution in [-0.4, -0.2) is 52.6 Å². The van der Waals surface area contributed by atoms with Crippen LogP contribution in [0.15, 0.2) is 53.3 Å². The Kier molecular flexibility index (Phi) is 7.00. The first-order valence-electron chi connectivity index (χ1n) is 9.09. The first-order chi connectivity index (χ1) is 13.5. The Balaban J connectivity index is 1.43. The number of aliphatic hydroxyl groups excluding tert-OH is 1. The molecule has 8 heteroatoms. The number of nitrogens with zero attached hydrogens (tertiary/aromatic N) is 2. The molecule has 1 saturated heterocycles. The monoisotopic (exact) mass is 447 g/mol. The quantitative estimate of drug-likeness (QED) is 0.709. The highest BCUT2D eigenvalue weighted by Gasteiger charge is 2.30. The first kappa shape index (κ1) is 20.3. The third kappa shape index (κ3) is 5.53. The number of aromatic nitrogens is 1. The van der Waals surface area contributed by atoms with E-state index in [0.29, 0.717) is 37.4 Å². The molecule has 2 N–H and O–H groups in total. The summed E-state index contributed by atoms with van der Waals surface area (Å²) in [6, 6.07) is 10.6. The topological polar surface area (TPSA) is 91.8 Å². The van der Waals surface area contributed by atoms with E-state index in [1.54, 1.807) is 41.6 Å². The summed E-state index contributed by atoms with van der Waals surface area (Å²) < 4.78 is 6.40. The minimum atomic E-state index is -1.23. The second kappa shape index (κ2) is 9.66. The predicted molar refractivity (Wildman–Crippen MR) is 108 cm³/mol. The van der Waals surface area contributed by atoms with E-state index in [-0.39, 0.29) is 24.3 Å². The molecule has 148 valence electrons. The number of amides is 2. The minimum Gasteiger partial charge on any atom is -0.490 e. The number of ether oxygens (including phenoxy) is 1. The summed E-state index contributed by atoms with van der Waals surface area (Å²) in [7, 11) is 0. The number of rotatable bonds is 6. The van der Waals surface area contributed by atoms with Crippen LogP contribution in [0.4, 0.5) is 5.69 Å². The van der Waals surface area contributed by atoms with Crippen LogP contribution < -0.4 is 10.1 Å². The Morgan fingerprint density at radius 2 is 1.82 bits per heavy atom. The SMILES string of the molecule is O=C(Nc1ccncc1)C1CCN(C(=O)[C@@H](O)COc2ccc(Br)cc2)CC1. The van der Waals surface area contributed by atoms with E-state index < -0.39 is 6.10 Å². The van der Waals surface area contributed by atoms with Crippen LogP contribution in [0.25, 0.3) is 0 Å². The van der Waals surface area contributed by atoms with Gasteiger partial charge >= 0.3 is 0 Å². The highest BCUT2D eigenvalue weighted by Crippen LogP contribution is 2.20. The number of halogens is 1. The normalized spacial score (nSPS) is 15.7. The zero-order valence-electron chi connectivity index (χ0n) is 15.3. The van der Waals surface area contributed by atoms with Crippen LogP contribution in [0.1, 0.15) is 12.8 Å². The van der Waals surface area contributed by atoms with Gasteiger partial charge in [0.15, 0.2) is 6.10 Å². The summed E-state index contributed by atoms with van der Waals surface area (Å²) in [6.07, 6.45) is 3.13. The lowest BCUT2D eigenvalue weighted by atomic mass is 9.95. The number of hydrogen-bond donors (Lipinski definition) is 2. The molecule has 0 aliphatic carbocycles. The van der Waals surface area contributed by atoms with E-state index in [4.69, 9.17) is 4.74 Å². The molecule has 2 heterocycles. The number of anilines is 1. The maximum absolute atomic E-state index is 12.4. The molecule has 2 aromatic rings. The molecular weight excluding hydrogens is 426 g/mol. The molecule has 1 atom stereocenters. The Morgan fingerprint density at radius 3 is 2.46 bits per heavy atom. The highest BCUT2D eigenvalue weighted by atomic mass is 79.9. The van der Waals surface area contributed by atoms with Gasteiger partial charge in [-0.05, 0) is 49.2 Å². The van der Waals surface area contributed by atoms with Crippen LogP contribution in [0.5, 0.6) is 5.75 Å². The summed E-state index contributed by atoms with van der Waals surface area (Å²) in [5, 5.41) is 13.0. The maximum atomic E-state index is 12.4. The molecule has 1 aliphatic rings.